The molecule has 8 heteroatoms. The van der Waals surface area contributed by atoms with Gasteiger partial charge in [-0.3, -0.25) is 14.4 Å². The van der Waals surface area contributed by atoms with Crippen molar-refractivity contribution in [3.63, 3.8) is 0 Å². The molecule has 4 aliphatic heterocycles. The van der Waals surface area contributed by atoms with E-state index < -0.39 is 29.6 Å². The Morgan fingerprint density at radius 3 is 2.50 bits per heavy atom. The third-order valence-electron chi connectivity index (χ3n) is 10.3. The molecule has 3 saturated heterocycles. The van der Waals surface area contributed by atoms with Crippen molar-refractivity contribution < 1.29 is 19.1 Å². The Bertz CT molecular complexity index is 1190. The number of hydrogen-bond acceptors (Lipinski definition) is 5. The average Bonchev–Trinajstić information content (AvgIpc) is 3.61. The van der Waals surface area contributed by atoms with Gasteiger partial charge in [-0.25, -0.2) is 0 Å². The molecule has 0 unspecified atom stereocenters. The Morgan fingerprint density at radius 1 is 1.02 bits per heavy atom. The van der Waals surface area contributed by atoms with Gasteiger partial charge in [0.2, 0.25) is 17.7 Å². The zero-order valence-electron chi connectivity index (χ0n) is 25.5. The molecule has 1 spiro atoms. The first-order valence-electron chi connectivity index (χ1n) is 16.4. The number of nitrogens with one attached hydrogen (secondary N) is 2. The largest absolute Gasteiger partial charge is 0.359 e. The molecule has 4 fully saturated rings. The van der Waals surface area contributed by atoms with Crippen LogP contribution in [0, 0.1) is 17.8 Å². The summed E-state index contributed by atoms with van der Waals surface area (Å²) in [4.78, 5) is 46.3. The molecule has 228 valence electrons. The summed E-state index contributed by atoms with van der Waals surface area (Å²) >= 11 is 0. The fraction of sp³-hybridized carbons (Fsp3) is 0.676. The number of anilines is 1. The maximum Gasteiger partial charge on any atom is 0.246 e. The molecule has 6 atom stereocenters. The van der Waals surface area contributed by atoms with Gasteiger partial charge in [0.05, 0.1) is 17.9 Å². The monoisotopic (exact) mass is 576 g/mol. The highest BCUT2D eigenvalue weighted by atomic mass is 16.5. The molecular weight excluding hydrogens is 528 g/mol. The number of ether oxygens (including phenoxy) is 1. The van der Waals surface area contributed by atoms with Crippen molar-refractivity contribution in [1.82, 2.24) is 15.1 Å². The van der Waals surface area contributed by atoms with Gasteiger partial charge in [-0.05, 0) is 74.7 Å². The molecule has 3 amide bonds. The lowest BCUT2D eigenvalue weighted by atomic mass is 9.74. The van der Waals surface area contributed by atoms with Gasteiger partial charge >= 0.3 is 0 Å². The minimum absolute atomic E-state index is 0.129. The van der Waals surface area contributed by atoms with Crippen molar-refractivity contribution in [3.8, 4) is 0 Å². The third kappa shape index (κ3) is 5.52. The highest BCUT2D eigenvalue weighted by molar-refractivity contribution is 6.02. The van der Waals surface area contributed by atoms with Gasteiger partial charge in [0.15, 0.2) is 0 Å². The summed E-state index contributed by atoms with van der Waals surface area (Å²) < 4.78 is 6.53. The van der Waals surface area contributed by atoms with Crippen LogP contribution in [0.5, 0.6) is 0 Å². The van der Waals surface area contributed by atoms with E-state index in [1.54, 1.807) is 4.90 Å². The number of likely N-dealkylation sites (tertiary alicyclic amines) is 2. The summed E-state index contributed by atoms with van der Waals surface area (Å²) in [6, 6.07) is 7.24. The van der Waals surface area contributed by atoms with Crippen LogP contribution >= 0.6 is 0 Å². The van der Waals surface area contributed by atoms with Crippen LogP contribution in [-0.4, -0.2) is 77.5 Å². The molecule has 1 saturated carbocycles. The van der Waals surface area contributed by atoms with Crippen molar-refractivity contribution in [3.05, 3.63) is 42.0 Å². The fourth-order valence-electron chi connectivity index (χ4n) is 8.17. The lowest BCUT2D eigenvalue weighted by Crippen LogP contribution is -2.56. The molecule has 8 nitrogen and oxygen atoms in total. The highest BCUT2D eigenvalue weighted by Gasteiger charge is 2.72. The number of carbonyl (C=O) groups excluding carboxylic acids is 3. The molecule has 1 aromatic rings. The number of fused-ring (bicyclic) bond motifs is 1. The molecular formula is C34H48N4O4. The van der Waals surface area contributed by atoms with E-state index in [0.717, 1.165) is 51.7 Å². The van der Waals surface area contributed by atoms with E-state index in [4.69, 9.17) is 4.74 Å². The number of nitrogens with zero attached hydrogens (tertiary/aromatic N) is 2. The lowest BCUT2D eigenvalue weighted by molar-refractivity contribution is -0.141. The first kappa shape index (κ1) is 29.4. The normalized spacial score (nSPS) is 32.9. The zero-order valence-corrected chi connectivity index (χ0v) is 25.5. The second kappa shape index (κ2) is 12.1. The first-order valence-corrected chi connectivity index (χ1v) is 16.4. The van der Waals surface area contributed by atoms with E-state index in [-0.39, 0.29) is 23.8 Å². The van der Waals surface area contributed by atoms with Crippen LogP contribution in [0.25, 0.3) is 0 Å². The van der Waals surface area contributed by atoms with Crippen molar-refractivity contribution in [1.29, 1.82) is 0 Å². The summed E-state index contributed by atoms with van der Waals surface area (Å²) in [5.41, 5.74) is 0.796. The molecule has 4 heterocycles. The summed E-state index contributed by atoms with van der Waals surface area (Å²) in [6.45, 7) is 10.1. The topological polar surface area (TPSA) is 91.0 Å². The molecule has 0 aromatic heterocycles. The molecule has 6 rings (SSSR count). The Balaban J connectivity index is 1.22. The predicted molar refractivity (Wildman–Crippen MR) is 163 cm³/mol. The Kier molecular flexibility index (Phi) is 8.47. The Morgan fingerprint density at radius 2 is 1.79 bits per heavy atom. The van der Waals surface area contributed by atoms with Gasteiger partial charge in [0.1, 0.15) is 11.6 Å². The minimum atomic E-state index is -1.11. The maximum atomic E-state index is 14.2. The van der Waals surface area contributed by atoms with Crippen LogP contribution in [0.1, 0.15) is 83.6 Å². The molecule has 2 N–H and O–H groups in total. The Hall–Kier alpha value is -2.71. The smallest absolute Gasteiger partial charge is 0.246 e. The third-order valence-corrected chi connectivity index (χ3v) is 10.3. The molecule has 1 aromatic carbocycles. The lowest BCUT2D eigenvalue weighted by Gasteiger charge is -2.35. The van der Waals surface area contributed by atoms with Crippen LogP contribution in [0.4, 0.5) is 5.69 Å². The average molecular weight is 577 g/mol. The van der Waals surface area contributed by atoms with Gasteiger partial charge in [0, 0.05) is 24.8 Å². The van der Waals surface area contributed by atoms with Crippen LogP contribution in [0.3, 0.4) is 0 Å². The summed E-state index contributed by atoms with van der Waals surface area (Å²) in [5.74, 6) is -0.791. The van der Waals surface area contributed by atoms with Crippen molar-refractivity contribution in [2.45, 2.75) is 102 Å². The molecule has 0 radical (unpaired) electrons. The number of hydrogen-bond donors (Lipinski definition) is 2. The minimum Gasteiger partial charge on any atom is -0.359 e. The van der Waals surface area contributed by atoms with Crippen LogP contribution in [0.2, 0.25) is 0 Å². The number of benzene rings is 1. The maximum absolute atomic E-state index is 14.2. The zero-order chi connectivity index (χ0) is 29.4. The van der Waals surface area contributed by atoms with Gasteiger partial charge in [-0.2, -0.15) is 0 Å². The van der Waals surface area contributed by atoms with Gasteiger partial charge in [-0.1, -0.05) is 64.3 Å². The molecule has 2 bridgehead atoms. The summed E-state index contributed by atoms with van der Waals surface area (Å²) in [7, 11) is 0. The van der Waals surface area contributed by atoms with E-state index in [2.05, 4.69) is 36.3 Å². The number of piperidine rings is 1. The highest BCUT2D eigenvalue weighted by Crippen LogP contribution is 2.55. The molecule has 1 aliphatic carbocycles. The predicted octanol–water partition coefficient (Wildman–Crippen LogP) is 4.47. The van der Waals surface area contributed by atoms with Crippen LogP contribution < -0.4 is 10.6 Å². The van der Waals surface area contributed by atoms with Gasteiger partial charge in [-0.15, -0.1) is 0 Å². The van der Waals surface area contributed by atoms with E-state index in [0.29, 0.717) is 24.1 Å². The van der Waals surface area contributed by atoms with E-state index in [9.17, 15) is 14.4 Å². The van der Waals surface area contributed by atoms with Crippen LogP contribution in [0.15, 0.2) is 36.4 Å². The van der Waals surface area contributed by atoms with Crippen molar-refractivity contribution in [2.24, 2.45) is 17.8 Å². The summed E-state index contributed by atoms with van der Waals surface area (Å²) in [6.07, 6.45) is 11.9. The number of rotatable bonds is 9. The van der Waals surface area contributed by atoms with E-state index >= 15 is 0 Å². The summed E-state index contributed by atoms with van der Waals surface area (Å²) in [5, 5.41) is 6.34. The Labute approximate surface area is 250 Å². The standard InChI is InChI=1S/C34H48N4O4/c1-22(2)24-12-14-26(15-13-24)35-31(39)28-27-16-17-34(42-27)29(28)33(41)38(20-8-19-37-18-7-9-23(3)21-37)30(34)32(40)36-25-10-5-4-6-11-25/h12-17,22-23,25,27-30H,4-11,18-21H2,1-3H3,(H,35,39)(H,36,40)/t23-,27+,28+,29+,30-,34+/m1/s1. The quantitative estimate of drug-likeness (QED) is 0.424. The number of amides is 3. The van der Waals surface area contributed by atoms with Gasteiger partial charge in [0.25, 0.3) is 0 Å². The van der Waals surface area contributed by atoms with Crippen molar-refractivity contribution in [2.75, 3.05) is 31.5 Å². The number of carbonyl (C=O) groups is 3. The second-order valence-electron chi connectivity index (χ2n) is 13.7. The van der Waals surface area contributed by atoms with Crippen LogP contribution in [-0.2, 0) is 19.1 Å². The first-order chi connectivity index (χ1) is 20.3. The molecule has 42 heavy (non-hydrogen) atoms. The van der Waals surface area contributed by atoms with Gasteiger partial charge < -0.3 is 25.2 Å². The second-order valence-corrected chi connectivity index (χ2v) is 13.7. The fourth-order valence-corrected chi connectivity index (χ4v) is 8.17. The molecule has 5 aliphatic rings. The van der Waals surface area contributed by atoms with E-state index in [1.165, 1.54) is 24.8 Å². The SMILES string of the molecule is CC(C)c1ccc(NC(=O)[C@H]2[C@@H]3C=C[C@]4(O3)[C@@H]2C(=O)N(CCCN2CCC[C@@H](C)C2)[C@@H]4C(=O)NC2CCCCC2)cc1. The van der Waals surface area contributed by atoms with Crippen molar-refractivity contribution >= 4 is 23.4 Å². The van der Waals surface area contributed by atoms with E-state index in [1.807, 2.05) is 36.4 Å².